The third-order valence-electron chi connectivity index (χ3n) is 6.58. The molecule has 8 nitrogen and oxygen atoms in total. The Morgan fingerprint density at radius 2 is 1.88 bits per heavy atom. The van der Waals surface area contributed by atoms with Gasteiger partial charge in [0.1, 0.15) is 5.60 Å². The number of nitrogens with zero attached hydrogens (tertiary/aromatic N) is 4. The van der Waals surface area contributed by atoms with E-state index in [4.69, 9.17) is 9.26 Å². The summed E-state index contributed by atoms with van der Waals surface area (Å²) in [6, 6.07) is 0.366. The summed E-state index contributed by atoms with van der Waals surface area (Å²) in [6.45, 7) is 6.92. The van der Waals surface area contributed by atoms with Gasteiger partial charge in [0.25, 0.3) is 11.7 Å². The van der Waals surface area contributed by atoms with Crippen LogP contribution in [0, 0.1) is 5.92 Å². The summed E-state index contributed by atoms with van der Waals surface area (Å²) in [4.78, 5) is 33.5. The molecule has 8 heteroatoms. The highest BCUT2D eigenvalue weighted by molar-refractivity contribution is 5.91. The summed E-state index contributed by atoms with van der Waals surface area (Å²) in [5.41, 5.74) is -0.541. The Hall–Kier alpha value is -1.96. The van der Waals surface area contributed by atoms with Crippen molar-refractivity contribution in [3.8, 4) is 0 Å². The Morgan fingerprint density at radius 3 is 2.50 bits per heavy atom. The van der Waals surface area contributed by atoms with Crippen molar-refractivity contribution in [1.29, 1.82) is 0 Å². The number of ether oxygens (including phenoxy) is 1. The molecular formula is C24H40N4O4. The molecule has 2 heterocycles. The van der Waals surface area contributed by atoms with Crippen LogP contribution < -0.4 is 0 Å². The van der Waals surface area contributed by atoms with Crippen LogP contribution in [0.15, 0.2) is 4.52 Å². The lowest BCUT2D eigenvalue weighted by Gasteiger charge is -2.42. The topological polar surface area (TPSA) is 88.8 Å². The van der Waals surface area contributed by atoms with E-state index in [1.807, 2.05) is 34.9 Å². The fourth-order valence-electron chi connectivity index (χ4n) is 4.60. The van der Waals surface area contributed by atoms with E-state index < -0.39 is 5.60 Å². The second kappa shape index (κ2) is 10.8. The summed E-state index contributed by atoms with van der Waals surface area (Å²) in [7, 11) is 4.01. The molecule has 0 radical (unpaired) electrons. The lowest BCUT2D eigenvalue weighted by molar-refractivity contribution is -0.155. The first kappa shape index (κ1) is 24.7. The van der Waals surface area contributed by atoms with E-state index in [9.17, 15) is 9.59 Å². The van der Waals surface area contributed by atoms with Gasteiger partial charge in [-0.25, -0.2) is 0 Å². The van der Waals surface area contributed by atoms with Gasteiger partial charge in [-0.3, -0.25) is 9.59 Å². The number of amides is 1. The monoisotopic (exact) mass is 448 g/mol. The summed E-state index contributed by atoms with van der Waals surface area (Å²) < 4.78 is 11.0. The van der Waals surface area contributed by atoms with Gasteiger partial charge in [0, 0.05) is 25.0 Å². The Kier molecular flexibility index (Phi) is 8.31. The Bertz CT molecular complexity index is 758. The van der Waals surface area contributed by atoms with Crippen LogP contribution in [0.3, 0.4) is 0 Å². The zero-order valence-electron chi connectivity index (χ0n) is 20.4. The van der Waals surface area contributed by atoms with E-state index in [1.54, 1.807) is 4.90 Å². The third kappa shape index (κ3) is 7.02. The van der Waals surface area contributed by atoms with Crippen molar-refractivity contribution in [3.63, 3.8) is 0 Å². The highest BCUT2D eigenvalue weighted by Gasteiger charge is 2.35. The highest BCUT2D eigenvalue weighted by Crippen LogP contribution is 2.31. The molecule has 1 saturated carbocycles. The number of esters is 1. The zero-order valence-corrected chi connectivity index (χ0v) is 20.4. The number of carbonyl (C=O) groups excluding carboxylic acids is 2. The van der Waals surface area contributed by atoms with E-state index in [0.717, 1.165) is 25.2 Å². The molecule has 0 aromatic carbocycles. The second-order valence-corrected chi connectivity index (χ2v) is 10.7. The van der Waals surface area contributed by atoms with Crippen LogP contribution in [0.5, 0.6) is 0 Å². The van der Waals surface area contributed by atoms with Crippen molar-refractivity contribution in [2.24, 2.45) is 5.92 Å². The van der Waals surface area contributed by atoms with E-state index in [1.165, 1.54) is 32.1 Å². The number of likely N-dealkylation sites (tertiary alicyclic amines) is 1. The van der Waals surface area contributed by atoms with Crippen molar-refractivity contribution in [2.75, 3.05) is 27.2 Å². The SMILES string of the molecule is CN(C)C1CN(C(=O)c2noc(C(CCCC3CCCCC3)CC(=O)OC(C)(C)C)n2)C1. The standard InChI is InChI=1S/C24H40N4O4/c1-24(2,3)31-20(29)14-18(13-9-12-17-10-7-6-8-11-17)22-25-21(26-32-22)23(30)28-15-19(16-28)27(4)5/h17-19H,6-16H2,1-5H3. The molecule has 3 rings (SSSR count). The predicted molar refractivity (Wildman–Crippen MR) is 121 cm³/mol. The molecule has 1 aliphatic carbocycles. The second-order valence-electron chi connectivity index (χ2n) is 10.7. The first-order chi connectivity index (χ1) is 15.1. The molecule has 0 N–H and O–H groups in total. The molecule has 180 valence electrons. The number of likely N-dealkylation sites (N-methyl/N-ethyl adjacent to an activating group) is 1. The van der Waals surface area contributed by atoms with Crippen LogP contribution in [0.1, 0.15) is 101 Å². The summed E-state index contributed by atoms with van der Waals surface area (Å²) in [5.74, 6) is 0.514. The average Bonchev–Trinajstić information content (AvgIpc) is 3.15. The Morgan fingerprint density at radius 1 is 1.19 bits per heavy atom. The molecule has 0 bridgehead atoms. The average molecular weight is 449 g/mol. The van der Waals surface area contributed by atoms with E-state index in [2.05, 4.69) is 15.0 Å². The molecule has 1 amide bonds. The number of hydrogen-bond donors (Lipinski definition) is 0. The molecule has 2 fully saturated rings. The van der Waals surface area contributed by atoms with Crippen LogP contribution in [0.4, 0.5) is 0 Å². The molecule has 32 heavy (non-hydrogen) atoms. The van der Waals surface area contributed by atoms with Crippen molar-refractivity contribution < 1.29 is 18.8 Å². The summed E-state index contributed by atoms with van der Waals surface area (Å²) in [5, 5.41) is 3.95. The maximum Gasteiger partial charge on any atom is 0.307 e. The minimum absolute atomic E-state index is 0.0821. The number of hydrogen-bond acceptors (Lipinski definition) is 7. The van der Waals surface area contributed by atoms with Crippen LogP contribution >= 0.6 is 0 Å². The molecular weight excluding hydrogens is 408 g/mol. The fourth-order valence-corrected chi connectivity index (χ4v) is 4.60. The quantitative estimate of drug-likeness (QED) is 0.527. The van der Waals surface area contributed by atoms with Gasteiger partial charge >= 0.3 is 5.97 Å². The zero-order chi connectivity index (χ0) is 23.3. The van der Waals surface area contributed by atoms with Crippen LogP contribution in [0.2, 0.25) is 0 Å². The minimum Gasteiger partial charge on any atom is -0.460 e. The van der Waals surface area contributed by atoms with Crippen molar-refractivity contribution >= 4 is 11.9 Å². The van der Waals surface area contributed by atoms with Gasteiger partial charge in [-0.2, -0.15) is 4.98 Å². The normalized spacial score (nSPS) is 19.1. The van der Waals surface area contributed by atoms with Crippen LogP contribution in [-0.2, 0) is 9.53 Å². The lowest BCUT2D eigenvalue weighted by atomic mass is 9.84. The Labute approximate surface area is 192 Å². The largest absolute Gasteiger partial charge is 0.460 e. The van der Waals surface area contributed by atoms with E-state index in [0.29, 0.717) is 25.0 Å². The van der Waals surface area contributed by atoms with Gasteiger partial charge in [-0.05, 0) is 47.2 Å². The van der Waals surface area contributed by atoms with Gasteiger partial charge in [-0.1, -0.05) is 50.1 Å². The first-order valence-electron chi connectivity index (χ1n) is 12.1. The van der Waals surface area contributed by atoms with E-state index in [-0.39, 0.29) is 30.0 Å². The summed E-state index contributed by atoms with van der Waals surface area (Å²) in [6.07, 6.45) is 9.73. The number of aromatic nitrogens is 2. The molecule has 0 spiro atoms. The third-order valence-corrected chi connectivity index (χ3v) is 6.58. The van der Waals surface area contributed by atoms with Crippen LogP contribution in [0.25, 0.3) is 0 Å². The maximum absolute atomic E-state index is 12.7. The molecule has 1 unspecified atom stereocenters. The van der Waals surface area contributed by atoms with Crippen molar-refractivity contribution in [2.45, 2.75) is 96.1 Å². The van der Waals surface area contributed by atoms with Gasteiger partial charge in [-0.15, -0.1) is 0 Å². The van der Waals surface area contributed by atoms with Crippen molar-refractivity contribution in [1.82, 2.24) is 19.9 Å². The van der Waals surface area contributed by atoms with Gasteiger partial charge in [0.2, 0.25) is 5.89 Å². The van der Waals surface area contributed by atoms with Gasteiger partial charge in [0.05, 0.1) is 6.42 Å². The smallest absolute Gasteiger partial charge is 0.307 e. The van der Waals surface area contributed by atoms with Crippen molar-refractivity contribution in [3.05, 3.63) is 11.7 Å². The maximum atomic E-state index is 12.7. The molecule has 2 aliphatic rings. The van der Waals surface area contributed by atoms with E-state index >= 15 is 0 Å². The number of carbonyl (C=O) groups is 2. The lowest BCUT2D eigenvalue weighted by Crippen LogP contribution is -2.59. The van der Waals surface area contributed by atoms with Gasteiger partial charge < -0.3 is 19.1 Å². The predicted octanol–water partition coefficient (Wildman–Crippen LogP) is 4.02. The summed E-state index contributed by atoms with van der Waals surface area (Å²) >= 11 is 0. The molecule has 1 saturated heterocycles. The molecule has 1 aromatic rings. The minimum atomic E-state index is -0.541. The molecule has 1 atom stereocenters. The van der Waals surface area contributed by atoms with Crippen LogP contribution in [-0.4, -0.2) is 70.6 Å². The Balaban J connectivity index is 1.61. The number of rotatable bonds is 9. The van der Waals surface area contributed by atoms with Gasteiger partial charge in [0.15, 0.2) is 0 Å². The highest BCUT2D eigenvalue weighted by atomic mass is 16.6. The fraction of sp³-hybridized carbons (Fsp3) is 0.833. The molecule has 1 aromatic heterocycles. The molecule has 1 aliphatic heterocycles. The first-order valence-corrected chi connectivity index (χ1v) is 12.1.